The molecule has 1 fully saturated rings. The number of para-hydroxylation sites is 1. The Labute approximate surface area is 97.9 Å². The van der Waals surface area contributed by atoms with E-state index >= 15 is 0 Å². The summed E-state index contributed by atoms with van der Waals surface area (Å²) in [6, 6.07) is 8.19. The van der Waals surface area contributed by atoms with Crippen LogP contribution in [0.3, 0.4) is 0 Å². The largest absolute Gasteiger partial charge is 0.389 e. The normalized spacial score (nSPS) is 17.2. The molecular formula is C14H21NO. The summed E-state index contributed by atoms with van der Waals surface area (Å²) in [6.07, 6.45) is 2.35. The maximum atomic E-state index is 9.77. The molecule has 16 heavy (non-hydrogen) atoms. The van der Waals surface area contributed by atoms with Crippen LogP contribution in [0.2, 0.25) is 0 Å². The van der Waals surface area contributed by atoms with Crippen LogP contribution in [0.1, 0.15) is 38.4 Å². The Morgan fingerprint density at radius 3 is 2.62 bits per heavy atom. The molecule has 0 radical (unpaired) electrons. The Balaban J connectivity index is 2.21. The van der Waals surface area contributed by atoms with Crippen molar-refractivity contribution in [1.29, 1.82) is 0 Å². The van der Waals surface area contributed by atoms with Gasteiger partial charge in [0.2, 0.25) is 0 Å². The van der Waals surface area contributed by atoms with E-state index in [2.05, 4.69) is 24.0 Å². The molecule has 1 atom stereocenters. The molecule has 1 N–H and O–H groups in total. The van der Waals surface area contributed by atoms with Gasteiger partial charge in [0.05, 0.1) is 6.10 Å². The van der Waals surface area contributed by atoms with Gasteiger partial charge in [0.25, 0.3) is 0 Å². The van der Waals surface area contributed by atoms with E-state index in [0.29, 0.717) is 0 Å². The van der Waals surface area contributed by atoms with Gasteiger partial charge < -0.3 is 10.0 Å². The molecule has 0 aliphatic heterocycles. The van der Waals surface area contributed by atoms with Gasteiger partial charge in [-0.25, -0.2) is 0 Å². The van der Waals surface area contributed by atoms with Crippen LogP contribution < -0.4 is 4.90 Å². The lowest BCUT2D eigenvalue weighted by Gasteiger charge is -2.26. The van der Waals surface area contributed by atoms with Crippen molar-refractivity contribution in [1.82, 2.24) is 0 Å². The van der Waals surface area contributed by atoms with Crippen LogP contribution >= 0.6 is 0 Å². The highest BCUT2D eigenvalue weighted by molar-refractivity contribution is 5.54. The molecular weight excluding hydrogens is 198 g/mol. The molecule has 0 amide bonds. The van der Waals surface area contributed by atoms with E-state index in [1.165, 1.54) is 18.5 Å². The Kier molecular flexibility index (Phi) is 3.49. The quantitative estimate of drug-likeness (QED) is 0.823. The number of benzene rings is 1. The van der Waals surface area contributed by atoms with Gasteiger partial charge in [0.1, 0.15) is 0 Å². The molecule has 1 aliphatic rings. The van der Waals surface area contributed by atoms with Crippen molar-refractivity contribution in [3.63, 3.8) is 0 Å². The highest BCUT2D eigenvalue weighted by Gasteiger charge is 2.25. The summed E-state index contributed by atoms with van der Waals surface area (Å²) in [7, 11) is 0. The second-order valence-electron chi connectivity index (χ2n) is 4.72. The van der Waals surface area contributed by atoms with Crippen molar-refractivity contribution in [2.24, 2.45) is 5.92 Å². The van der Waals surface area contributed by atoms with Crippen molar-refractivity contribution in [2.45, 2.75) is 32.8 Å². The third-order valence-electron chi connectivity index (χ3n) is 3.28. The zero-order valence-electron chi connectivity index (χ0n) is 10.2. The number of aliphatic hydroxyl groups excluding tert-OH is 1. The predicted molar refractivity (Wildman–Crippen MR) is 67.7 cm³/mol. The first kappa shape index (κ1) is 11.5. The highest BCUT2D eigenvalue weighted by atomic mass is 16.3. The summed E-state index contributed by atoms with van der Waals surface area (Å²) in [5.74, 6) is 0.877. The smallest absolute Gasteiger partial charge is 0.0781 e. The van der Waals surface area contributed by atoms with Crippen molar-refractivity contribution in [2.75, 3.05) is 18.0 Å². The molecule has 0 spiro atoms. The third-order valence-corrected chi connectivity index (χ3v) is 3.28. The minimum absolute atomic E-state index is 0.385. The lowest BCUT2D eigenvalue weighted by molar-refractivity contribution is 0.199. The van der Waals surface area contributed by atoms with E-state index < -0.39 is 0 Å². The number of hydrogen-bond acceptors (Lipinski definition) is 2. The summed E-state index contributed by atoms with van der Waals surface area (Å²) < 4.78 is 0. The van der Waals surface area contributed by atoms with E-state index in [-0.39, 0.29) is 6.10 Å². The maximum Gasteiger partial charge on any atom is 0.0781 e. The van der Waals surface area contributed by atoms with E-state index in [1.54, 1.807) is 0 Å². The first-order chi connectivity index (χ1) is 7.72. The fourth-order valence-electron chi connectivity index (χ4n) is 2.14. The van der Waals surface area contributed by atoms with E-state index in [1.807, 2.05) is 19.1 Å². The Hall–Kier alpha value is -1.02. The van der Waals surface area contributed by atoms with Crippen molar-refractivity contribution < 1.29 is 5.11 Å². The van der Waals surface area contributed by atoms with Crippen LogP contribution in [0.4, 0.5) is 5.69 Å². The van der Waals surface area contributed by atoms with Crippen LogP contribution in [0.5, 0.6) is 0 Å². The maximum absolute atomic E-state index is 9.77. The van der Waals surface area contributed by atoms with Crippen molar-refractivity contribution in [3.05, 3.63) is 29.8 Å². The second-order valence-corrected chi connectivity index (χ2v) is 4.72. The molecule has 0 heterocycles. The zero-order valence-corrected chi connectivity index (χ0v) is 10.2. The fraction of sp³-hybridized carbons (Fsp3) is 0.571. The molecule has 2 rings (SSSR count). The average Bonchev–Trinajstić information content (AvgIpc) is 3.09. The van der Waals surface area contributed by atoms with Gasteiger partial charge in [0, 0.05) is 24.3 Å². The molecule has 2 nitrogen and oxygen atoms in total. The lowest BCUT2D eigenvalue weighted by atomic mass is 10.1. The van der Waals surface area contributed by atoms with Gasteiger partial charge >= 0.3 is 0 Å². The van der Waals surface area contributed by atoms with Gasteiger partial charge in [-0.1, -0.05) is 18.2 Å². The molecule has 0 bridgehead atoms. The third kappa shape index (κ3) is 2.56. The summed E-state index contributed by atoms with van der Waals surface area (Å²) in [6.45, 7) is 6.17. The van der Waals surface area contributed by atoms with Gasteiger partial charge in [-0.15, -0.1) is 0 Å². The molecule has 88 valence electrons. The summed E-state index contributed by atoms with van der Waals surface area (Å²) in [5.41, 5.74) is 2.25. The molecule has 1 aliphatic carbocycles. The first-order valence-electron chi connectivity index (χ1n) is 6.24. The van der Waals surface area contributed by atoms with Gasteiger partial charge in [0.15, 0.2) is 0 Å². The first-order valence-corrected chi connectivity index (χ1v) is 6.24. The minimum Gasteiger partial charge on any atom is -0.389 e. The number of aliphatic hydroxyl groups is 1. The molecule has 0 unspecified atom stereocenters. The minimum atomic E-state index is -0.385. The number of anilines is 1. The van der Waals surface area contributed by atoms with Gasteiger partial charge in [-0.2, -0.15) is 0 Å². The Morgan fingerprint density at radius 1 is 1.38 bits per heavy atom. The number of rotatable bonds is 5. The second kappa shape index (κ2) is 4.88. The summed E-state index contributed by atoms with van der Waals surface area (Å²) in [5, 5.41) is 9.77. The van der Waals surface area contributed by atoms with Crippen LogP contribution in [0.25, 0.3) is 0 Å². The van der Waals surface area contributed by atoms with E-state index in [0.717, 1.165) is 24.6 Å². The van der Waals surface area contributed by atoms with Gasteiger partial charge in [-0.3, -0.25) is 0 Å². The molecule has 0 aromatic heterocycles. The topological polar surface area (TPSA) is 23.5 Å². The molecule has 2 heteroatoms. The van der Waals surface area contributed by atoms with Crippen molar-refractivity contribution >= 4 is 5.69 Å². The molecule has 0 saturated heterocycles. The van der Waals surface area contributed by atoms with Crippen LogP contribution in [-0.2, 0) is 0 Å². The summed E-state index contributed by atoms with van der Waals surface area (Å²) in [4.78, 5) is 2.39. The molecule has 1 saturated carbocycles. The monoisotopic (exact) mass is 219 g/mol. The van der Waals surface area contributed by atoms with E-state index in [4.69, 9.17) is 0 Å². The van der Waals surface area contributed by atoms with E-state index in [9.17, 15) is 5.11 Å². The Morgan fingerprint density at radius 2 is 2.06 bits per heavy atom. The fourth-order valence-corrected chi connectivity index (χ4v) is 2.14. The van der Waals surface area contributed by atoms with Crippen LogP contribution in [0, 0.1) is 5.92 Å². The molecule has 1 aromatic carbocycles. The van der Waals surface area contributed by atoms with Crippen molar-refractivity contribution in [3.8, 4) is 0 Å². The molecule has 1 aromatic rings. The SMILES string of the molecule is CCN(CC1CC1)c1ccccc1[C@H](C)O. The van der Waals surface area contributed by atoms with Crippen LogP contribution in [-0.4, -0.2) is 18.2 Å². The number of nitrogens with zero attached hydrogens (tertiary/aromatic N) is 1. The Bertz CT molecular complexity index is 344. The summed E-state index contributed by atoms with van der Waals surface area (Å²) >= 11 is 0. The number of hydrogen-bond donors (Lipinski definition) is 1. The van der Waals surface area contributed by atoms with Crippen LogP contribution in [0.15, 0.2) is 24.3 Å². The predicted octanol–water partition coefficient (Wildman–Crippen LogP) is 2.98. The highest BCUT2D eigenvalue weighted by Crippen LogP contribution is 2.33. The standard InChI is InChI=1S/C14H21NO/c1-3-15(10-12-8-9-12)14-7-5-4-6-13(14)11(2)16/h4-7,11-12,16H,3,8-10H2,1-2H3/t11-/m0/s1. The van der Waals surface area contributed by atoms with Gasteiger partial charge in [-0.05, 0) is 38.7 Å². The average molecular weight is 219 g/mol. The lowest BCUT2D eigenvalue weighted by Crippen LogP contribution is -2.26. The zero-order chi connectivity index (χ0) is 11.5.